The Bertz CT molecular complexity index is 1210. The number of rotatable bonds is 6. The number of hydrogen-bond acceptors (Lipinski definition) is 6. The number of nitrogens with one attached hydrogen (secondary N) is 1. The van der Waals surface area contributed by atoms with E-state index in [0.717, 1.165) is 23.8 Å². The van der Waals surface area contributed by atoms with Gasteiger partial charge >= 0.3 is 17.7 Å². The molecular formula is C26H29NO6. The van der Waals surface area contributed by atoms with Gasteiger partial charge in [-0.05, 0) is 57.4 Å². The van der Waals surface area contributed by atoms with E-state index < -0.39 is 29.3 Å². The third-order valence-corrected chi connectivity index (χ3v) is 4.96. The van der Waals surface area contributed by atoms with Crippen LogP contribution in [-0.4, -0.2) is 17.7 Å². The van der Waals surface area contributed by atoms with Crippen molar-refractivity contribution in [3.63, 3.8) is 0 Å². The predicted molar refractivity (Wildman–Crippen MR) is 125 cm³/mol. The van der Waals surface area contributed by atoms with E-state index in [9.17, 15) is 14.4 Å². The van der Waals surface area contributed by atoms with Gasteiger partial charge in [0.1, 0.15) is 16.9 Å². The van der Waals surface area contributed by atoms with Crippen LogP contribution in [0.4, 0.5) is 4.79 Å². The minimum atomic E-state index is -1.09. The van der Waals surface area contributed by atoms with Crippen LogP contribution in [0, 0.1) is 6.92 Å². The topological polar surface area (TPSA) is 94.8 Å². The van der Waals surface area contributed by atoms with Gasteiger partial charge in [0.2, 0.25) is 0 Å². The average molecular weight is 452 g/mol. The molecule has 3 aromatic rings. The van der Waals surface area contributed by atoms with Crippen LogP contribution in [0.1, 0.15) is 56.8 Å². The van der Waals surface area contributed by atoms with Gasteiger partial charge in [0, 0.05) is 17.0 Å². The fraction of sp³-hybridized carbons (Fsp3) is 0.346. The Balaban J connectivity index is 1.94. The largest absolute Gasteiger partial charge is 0.444 e. The fourth-order valence-electron chi connectivity index (χ4n) is 3.51. The van der Waals surface area contributed by atoms with Crippen molar-refractivity contribution < 1.29 is 23.5 Å². The minimum absolute atomic E-state index is 0.246. The van der Waals surface area contributed by atoms with E-state index in [4.69, 9.17) is 13.9 Å². The first-order valence-electron chi connectivity index (χ1n) is 10.9. The van der Waals surface area contributed by atoms with Gasteiger partial charge in [0.15, 0.2) is 6.04 Å². The summed E-state index contributed by atoms with van der Waals surface area (Å²) in [5, 5.41) is 3.40. The van der Waals surface area contributed by atoms with Crippen molar-refractivity contribution in [3.05, 3.63) is 75.6 Å². The average Bonchev–Trinajstić information content (AvgIpc) is 2.74. The quantitative estimate of drug-likeness (QED) is 0.313. The Kier molecular flexibility index (Phi) is 7.21. The van der Waals surface area contributed by atoms with Crippen LogP contribution >= 0.6 is 0 Å². The molecule has 174 valence electrons. The molecule has 33 heavy (non-hydrogen) atoms. The van der Waals surface area contributed by atoms with Gasteiger partial charge in [0.25, 0.3) is 0 Å². The number of fused-ring (bicyclic) bond motifs is 1. The van der Waals surface area contributed by atoms with Gasteiger partial charge in [-0.15, -0.1) is 0 Å². The number of carbonyl (C=O) groups is 2. The summed E-state index contributed by atoms with van der Waals surface area (Å²) < 4.78 is 16.4. The van der Waals surface area contributed by atoms with Gasteiger partial charge in [0.05, 0.1) is 0 Å². The standard InChI is InChI=1S/C26H29NO6/c1-6-10-18-15-21(28)32-23-16(2)20(14-13-19(18)23)31-24(29)22(17-11-8-7-9-12-17)27-25(30)33-26(3,4)5/h7-9,11-15,22H,6,10H2,1-5H3,(H,27,30). The molecule has 0 radical (unpaired) electrons. The Labute approximate surface area is 192 Å². The highest BCUT2D eigenvalue weighted by Gasteiger charge is 2.28. The van der Waals surface area contributed by atoms with E-state index in [1.54, 1.807) is 64.1 Å². The summed E-state index contributed by atoms with van der Waals surface area (Å²) in [6.45, 7) is 8.97. The van der Waals surface area contributed by atoms with Crippen molar-refractivity contribution >= 4 is 23.0 Å². The number of esters is 1. The van der Waals surface area contributed by atoms with Gasteiger partial charge < -0.3 is 19.2 Å². The predicted octanol–water partition coefficient (Wildman–Crippen LogP) is 5.23. The molecule has 7 nitrogen and oxygen atoms in total. The number of ether oxygens (including phenoxy) is 2. The summed E-state index contributed by atoms with van der Waals surface area (Å²) in [6.07, 6.45) is 0.874. The SMILES string of the molecule is CCCc1cc(=O)oc2c(C)c(OC(=O)C(NC(=O)OC(C)(C)C)c3ccccc3)ccc12. The van der Waals surface area contributed by atoms with Gasteiger partial charge in [-0.1, -0.05) is 43.7 Å². The maximum atomic E-state index is 13.2. The summed E-state index contributed by atoms with van der Waals surface area (Å²) in [7, 11) is 0. The summed E-state index contributed by atoms with van der Waals surface area (Å²) >= 11 is 0. The lowest BCUT2D eigenvalue weighted by atomic mass is 10.0. The summed E-state index contributed by atoms with van der Waals surface area (Å²) in [5.74, 6) is -0.446. The zero-order valence-electron chi connectivity index (χ0n) is 19.6. The highest BCUT2D eigenvalue weighted by atomic mass is 16.6. The van der Waals surface area contributed by atoms with E-state index in [1.165, 1.54) is 6.07 Å². The molecule has 0 aliphatic heterocycles. The summed E-state index contributed by atoms with van der Waals surface area (Å²) in [4.78, 5) is 37.6. The van der Waals surface area contributed by atoms with Gasteiger partial charge in [-0.3, -0.25) is 0 Å². The summed E-state index contributed by atoms with van der Waals surface area (Å²) in [6, 6.07) is 12.6. The molecular weight excluding hydrogens is 422 g/mol. The lowest BCUT2D eigenvalue weighted by molar-refractivity contribution is -0.137. The highest BCUT2D eigenvalue weighted by Crippen LogP contribution is 2.30. The number of amides is 1. The van der Waals surface area contributed by atoms with Crippen molar-refractivity contribution in [1.29, 1.82) is 0 Å². The molecule has 1 amide bonds. The first-order chi connectivity index (χ1) is 15.6. The van der Waals surface area contributed by atoms with Crippen molar-refractivity contribution in [1.82, 2.24) is 5.32 Å². The molecule has 0 bridgehead atoms. The Morgan fingerprint density at radius 2 is 1.79 bits per heavy atom. The van der Waals surface area contributed by atoms with Crippen molar-refractivity contribution in [2.75, 3.05) is 0 Å². The molecule has 0 fully saturated rings. The van der Waals surface area contributed by atoms with Crippen molar-refractivity contribution in [2.24, 2.45) is 0 Å². The maximum Gasteiger partial charge on any atom is 0.408 e. The molecule has 0 saturated heterocycles. The third kappa shape index (κ3) is 6.00. The normalized spacial score (nSPS) is 12.3. The molecule has 3 rings (SSSR count). The molecule has 0 aliphatic carbocycles. The monoisotopic (exact) mass is 451 g/mol. The van der Waals surface area contributed by atoms with Crippen LogP contribution in [0.5, 0.6) is 5.75 Å². The van der Waals surface area contributed by atoms with E-state index in [1.807, 2.05) is 13.0 Å². The molecule has 1 atom stereocenters. The number of carbonyl (C=O) groups excluding carboxylic acids is 2. The van der Waals surface area contributed by atoms with Gasteiger partial charge in [-0.2, -0.15) is 0 Å². The van der Waals surface area contributed by atoms with E-state index in [-0.39, 0.29) is 5.75 Å². The van der Waals surface area contributed by atoms with Crippen LogP contribution in [0.15, 0.2) is 57.7 Å². The first-order valence-corrected chi connectivity index (χ1v) is 10.9. The van der Waals surface area contributed by atoms with Crippen LogP contribution in [0.25, 0.3) is 11.0 Å². The zero-order valence-corrected chi connectivity index (χ0v) is 19.6. The van der Waals surface area contributed by atoms with Crippen molar-refractivity contribution in [3.8, 4) is 5.75 Å². The number of benzene rings is 2. The fourth-order valence-corrected chi connectivity index (χ4v) is 3.51. The van der Waals surface area contributed by atoms with E-state index >= 15 is 0 Å². The summed E-state index contributed by atoms with van der Waals surface area (Å²) in [5.41, 5.74) is 1.17. The smallest absolute Gasteiger partial charge is 0.408 e. The van der Waals surface area contributed by atoms with Crippen molar-refractivity contribution in [2.45, 2.75) is 59.1 Å². The molecule has 1 N–H and O–H groups in total. The van der Waals surface area contributed by atoms with Crippen LogP contribution in [-0.2, 0) is 16.0 Å². The molecule has 1 aromatic heterocycles. The molecule has 0 spiro atoms. The molecule has 2 aromatic carbocycles. The van der Waals surface area contributed by atoms with Crippen LogP contribution < -0.4 is 15.7 Å². The molecule has 7 heteroatoms. The second-order valence-electron chi connectivity index (χ2n) is 8.82. The third-order valence-electron chi connectivity index (χ3n) is 4.96. The van der Waals surface area contributed by atoms with Crippen LogP contribution in [0.3, 0.4) is 0 Å². The van der Waals surface area contributed by atoms with Gasteiger partial charge in [-0.25, -0.2) is 14.4 Å². The molecule has 1 heterocycles. The molecule has 1 unspecified atom stereocenters. The molecule has 0 aliphatic rings. The Morgan fingerprint density at radius 1 is 1.09 bits per heavy atom. The Hall–Kier alpha value is -3.61. The number of alkyl carbamates (subject to hydrolysis) is 1. The second-order valence-corrected chi connectivity index (χ2v) is 8.82. The minimum Gasteiger partial charge on any atom is -0.444 e. The lowest BCUT2D eigenvalue weighted by Gasteiger charge is -2.23. The zero-order chi connectivity index (χ0) is 24.2. The lowest BCUT2D eigenvalue weighted by Crippen LogP contribution is -2.39. The van der Waals surface area contributed by atoms with E-state index in [2.05, 4.69) is 5.32 Å². The van der Waals surface area contributed by atoms with E-state index in [0.29, 0.717) is 16.7 Å². The molecule has 0 saturated carbocycles. The number of aryl methyl sites for hydroxylation is 2. The Morgan fingerprint density at radius 3 is 2.42 bits per heavy atom. The van der Waals surface area contributed by atoms with Crippen LogP contribution in [0.2, 0.25) is 0 Å². The highest BCUT2D eigenvalue weighted by molar-refractivity contribution is 5.88. The first kappa shape index (κ1) is 24.0. The number of hydrogen-bond donors (Lipinski definition) is 1. The maximum absolute atomic E-state index is 13.2. The second kappa shape index (κ2) is 9.90.